The van der Waals surface area contributed by atoms with E-state index in [-0.39, 0.29) is 17.1 Å². The second-order valence-electron chi connectivity index (χ2n) is 6.08. The summed E-state index contributed by atoms with van der Waals surface area (Å²) in [7, 11) is 0. The number of hydrogen-bond donors (Lipinski definition) is 0. The number of pyridine rings is 1. The molecule has 0 bridgehead atoms. The molecule has 4 aromatic carbocycles. The molecule has 0 unspecified atom stereocenters. The molecule has 2 heteroatoms. The second-order valence-corrected chi connectivity index (χ2v) is 6.08. The van der Waals surface area contributed by atoms with Crippen molar-refractivity contribution in [1.29, 1.82) is 0 Å². The Hall–Kier alpha value is -2.93. The van der Waals surface area contributed by atoms with Crippen LogP contribution in [0.4, 0.5) is 0 Å². The Morgan fingerprint density at radius 2 is 1.30 bits per heavy atom. The number of para-hydroxylation sites is 1. The summed E-state index contributed by atoms with van der Waals surface area (Å²) in [5, 5.41) is 1.17. The fourth-order valence-electron chi connectivity index (χ4n) is 3.02. The normalized spacial score (nSPS) is 9.93. The molecule has 1 nitrogen and oxygen atoms in total. The van der Waals surface area contributed by atoms with Gasteiger partial charge in [-0.2, -0.15) is 12.1 Å². The molecule has 0 radical (unpaired) electrons. The molecular weight excluding hydrogens is 370 g/mol. The molecule has 0 aliphatic rings. The molecular formula is C25H19FeN-6. The van der Waals surface area contributed by atoms with Gasteiger partial charge in [0.15, 0.2) is 0 Å². The molecule has 5 rings (SSSR count). The van der Waals surface area contributed by atoms with Crippen molar-refractivity contribution in [2.24, 2.45) is 0 Å². The molecule has 0 fully saturated rings. The van der Waals surface area contributed by atoms with Gasteiger partial charge in [0.05, 0.1) is 5.52 Å². The average Bonchev–Trinajstić information content (AvgIpc) is 3.44. The molecule has 27 heavy (non-hydrogen) atoms. The largest absolute Gasteiger partial charge is 0.748 e. The average molecular weight is 389 g/mol. The molecule has 0 atom stereocenters. The minimum Gasteiger partial charge on any atom is -0.748 e. The Bertz CT molecular complexity index is 1040. The van der Waals surface area contributed by atoms with Gasteiger partial charge in [-0.25, -0.2) is 0 Å². The van der Waals surface area contributed by atoms with Crippen LogP contribution in [0.2, 0.25) is 0 Å². The molecule has 1 aromatic heterocycles. The van der Waals surface area contributed by atoms with Gasteiger partial charge in [-0.05, 0) is 16.6 Å². The molecule has 0 spiro atoms. The number of aromatic nitrogens is 1. The third-order valence-electron chi connectivity index (χ3n) is 4.32. The fraction of sp³-hybridized carbons (Fsp3) is 0. The molecule has 0 N–H and O–H groups in total. The van der Waals surface area contributed by atoms with Crippen LogP contribution in [0.3, 0.4) is 0 Å². The minimum atomic E-state index is 0. The van der Waals surface area contributed by atoms with E-state index in [9.17, 15) is 0 Å². The number of benzene rings is 2. The summed E-state index contributed by atoms with van der Waals surface area (Å²) in [5.41, 5.74) is 5.63. The molecule has 0 saturated carbocycles. The van der Waals surface area contributed by atoms with E-state index < -0.39 is 0 Å². The maximum Gasteiger partial charge on any atom is 0.0760 e. The predicted octanol–water partition coefficient (Wildman–Crippen LogP) is 6.69. The fourth-order valence-corrected chi connectivity index (χ4v) is 3.02. The van der Waals surface area contributed by atoms with Crippen LogP contribution in [0.5, 0.6) is 0 Å². The number of nitrogens with zero attached hydrogens (tertiary/aromatic N) is 1. The van der Waals surface area contributed by atoms with Crippen molar-refractivity contribution in [2.45, 2.75) is 0 Å². The predicted molar refractivity (Wildman–Crippen MR) is 110 cm³/mol. The van der Waals surface area contributed by atoms with Gasteiger partial charge in [-0.15, -0.1) is 18.2 Å². The molecule has 5 aromatic rings. The summed E-state index contributed by atoms with van der Waals surface area (Å²) in [6.07, 6.45) is 0. The van der Waals surface area contributed by atoms with Crippen molar-refractivity contribution in [3.63, 3.8) is 0 Å². The minimum absolute atomic E-state index is 0. The van der Waals surface area contributed by atoms with Crippen molar-refractivity contribution in [3.8, 4) is 22.4 Å². The Labute approximate surface area is 170 Å². The van der Waals surface area contributed by atoms with Gasteiger partial charge < -0.3 is 30.3 Å². The van der Waals surface area contributed by atoms with Gasteiger partial charge >= 0.3 is 0 Å². The smallest absolute Gasteiger partial charge is 0.0760 e. The first-order chi connectivity index (χ1) is 12.9. The third kappa shape index (κ3) is 4.43. The molecule has 0 aliphatic heterocycles. The third-order valence-corrected chi connectivity index (χ3v) is 4.32. The zero-order chi connectivity index (χ0) is 17.6. The first kappa shape index (κ1) is 18.8. The summed E-state index contributed by atoms with van der Waals surface area (Å²) in [4.78, 5) is 4.89. The summed E-state index contributed by atoms with van der Waals surface area (Å²) in [5.74, 6) is 0. The Balaban J connectivity index is 0.000000306. The topological polar surface area (TPSA) is 12.9 Å². The van der Waals surface area contributed by atoms with Gasteiger partial charge in [0, 0.05) is 22.6 Å². The SMILES string of the molecule is [Fe].[cH-]1[cH-][cH-][cH-][cH-]1.c1ccc(-c2cccc3ccc(-[c-]4cccc4)nc23)cc1. The monoisotopic (exact) mass is 389 g/mol. The van der Waals surface area contributed by atoms with E-state index in [4.69, 9.17) is 4.98 Å². The summed E-state index contributed by atoms with van der Waals surface area (Å²) < 4.78 is 0. The van der Waals surface area contributed by atoms with Gasteiger partial charge in [-0.3, -0.25) is 4.98 Å². The van der Waals surface area contributed by atoms with Crippen molar-refractivity contribution in [2.75, 3.05) is 0 Å². The van der Waals surface area contributed by atoms with Crippen LogP contribution < -0.4 is 0 Å². The van der Waals surface area contributed by atoms with E-state index in [1.807, 2.05) is 48.5 Å². The van der Waals surface area contributed by atoms with Crippen molar-refractivity contribution >= 4 is 10.9 Å². The van der Waals surface area contributed by atoms with Crippen molar-refractivity contribution in [1.82, 2.24) is 4.98 Å². The van der Waals surface area contributed by atoms with Gasteiger partial charge in [0.1, 0.15) is 0 Å². The van der Waals surface area contributed by atoms with E-state index in [0.29, 0.717) is 0 Å². The van der Waals surface area contributed by atoms with Gasteiger partial charge in [0.25, 0.3) is 0 Å². The van der Waals surface area contributed by atoms with E-state index in [2.05, 4.69) is 66.7 Å². The van der Waals surface area contributed by atoms with E-state index in [1.165, 1.54) is 22.1 Å². The van der Waals surface area contributed by atoms with E-state index in [0.717, 1.165) is 11.2 Å². The quantitative estimate of drug-likeness (QED) is 0.242. The standard InChI is InChI=1S/C20H14N.C5H5.Fe/c1-2-7-15(8-3-1)18-12-6-11-17-13-14-19(21-20(17)18)16-9-4-5-10-16;1-2-4-5-3-1;/h1-14H;1-5H;/q-1;-5;. The zero-order valence-electron chi connectivity index (χ0n) is 14.8. The van der Waals surface area contributed by atoms with Crippen LogP contribution >= 0.6 is 0 Å². The van der Waals surface area contributed by atoms with Crippen LogP contribution in [0.25, 0.3) is 33.3 Å². The van der Waals surface area contributed by atoms with Crippen molar-refractivity contribution in [3.05, 3.63) is 115 Å². The number of fused-ring (bicyclic) bond motifs is 1. The van der Waals surface area contributed by atoms with Crippen molar-refractivity contribution < 1.29 is 17.1 Å². The van der Waals surface area contributed by atoms with Crippen LogP contribution in [0.15, 0.2) is 115 Å². The Morgan fingerprint density at radius 3 is 1.96 bits per heavy atom. The Morgan fingerprint density at radius 1 is 0.630 bits per heavy atom. The second kappa shape index (κ2) is 9.14. The molecule has 0 aliphatic carbocycles. The Kier molecular flexibility index (Phi) is 6.38. The van der Waals surface area contributed by atoms with E-state index in [1.54, 1.807) is 0 Å². The van der Waals surface area contributed by atoms with Crippen LogP contribution in [0, 0.1) is 0 Å². The van der Waals surface area contributed by atoms with Crippen LogP contribution in [-0.2, 0) is 17.1 Å². The molecule has 1 heterocycles. The summed E-state index contributed by atoms with van der Waals surface area (Å²) >= 11 is 0. The van der Waals surface area contributed by atoms with Crippen LogP contribution in [0.1, 0.15) is 0 Å². The van der Waals surface area contributed by atoms with Crippen LogP contribution in [-0.4, -0.2) is 4.98 Å². The number of rotatable bonds is 2. The maximum atomic E-state index is 4.89. The zero-order valence-corrected chi connectivity index (χ0v) is 15.9. The molecule has 0 amide bonds. The van der Waals surface area contributed by atoms with Gasteiger partial charge in [-0.1, -0.05) is 60.2 Å². The first-order valence-corrected chi connectivity index (χ1v) is 8.76. The first-order valence-electron chi connectivity index (χ1n) is 8.76. The van der Waals surface area contributed by atoms with Gasteiger partial charge in [0.2, 0.25) is 0 Å². The molecule has 0 saturated heterocycles. The van der Waals surface area contributed by atoms with E-state index >= 15 is 0 Å². The summed E-state index contributed by atoms with van der Waals surface area (Å²) in [6, 6.07) is 39.3. The molecule has 138 valence electrons. The number of hydrogen-bond acceptors (Lipinski definition) is 1. The maximum absolute atomic E-state index is 4.89. The summed E-state index contributed by atoms with van der Waals surface area (Å²) in [6.45, 7) is 0.